The molecule has 21 heavy (non-hydrogen) atoms. The number of anilines is 3. The van der Waals surface area contributed by atoms with E-state index in [1.54, 1.807) is 42.5 Å². The summed E-state index contributed by atoms with van der Waals surface area (Å²) in [6, 6.07) is 13.2. The number of nitrogen functional groups attached to an aromatic ring is 1. The quantitative estimate of drug-likeness (QED) is 0.753. The maximum Gasteiger partial charge on any atom is 0.323 e. The zero-order valence-electron chi connectivity index (χ0n) is 11.4. The molecule has 0 saturated heterocycles. The zero-order chi connectivity index (χ0) is 15.2. The van der Waals surface area contributed by atoms with E-state index in [-0.39, 0.29) is 0 Å². The average Bonchev–Trinajstić information content (AvgIpc) is 2.47. The van der Waals surface area contributed by atoms with Gasteiger partial charge in [0.2, 0.25) is 0 Å². The van der Waals surface area contributed by atoms with Gasteiger partial charge in [0, 0.05) is 17.4 Å². The van der Waals surface area contributed by atoms with Crippen LogP contribution in [0.1, 0.15) is 5.56 Å². The predicted octanol–water partition coefficient (Wildman–Crippen LogP) is 2.79. The van der Waals surface area contributed by atoms with Gasteiger partial charge in [0.05, 0.1) is 24.4 Å². The van der Waals surface area contributed by atoms with Crippen molar-refractivity contribution in [3.8, 4) is 11.8 Å². The SMILES string of the molecule is COc1cc(C#N)ccc1NC(=O)Nc1cccc(N)c1. The number of benzene rings is 2. The molecule has 2 aromatic carbocycles. The minimum Gasteiger partial charge on any atom is -0.495 e. The van der Waals surface area contributed by atoms with Gasteiger partial charge >= 0.3 is 6.03 Å². The topological polar surface area (TPSA) is 100 Å². The Morgan fingerprint density at radius 3 is 2.71 bits per heavy atom. The van der Waals surface area contributed by atoms with Gasteiger partial charge in [0.15, 0.2) is 0 Å². The summed E-state index contributed by atoms with van der Waals surface area (Å²) in [5.41, 5.74) is 7.71. The summed E-state index contributed by atoms with van der Waals surface area (Å²) in [5.74, 6) is 0.414. The molecule has 2 rings (SSSR count). The molecule has 0 heterocycles. The fourth-order valence-corrected chi connectivity index (χ4v) is 1.77. The molecular formula is C15H14N4O2. The van der Waals surface area contributed by atoms with Gasteiger partial charge in [-0.05, 0) is 30.3 Å². The third kappa shape index (κ3) is 3.64. The largest absolute Gasteiger partial charge is 0.495 e. The lowest BCUT2D eigenvalue weighted by Crippen LogP contribution is -2.19. The molecule has 0 saturated carbocycles. The second-order valence-electron chi connectivity index (χ2n) is 4.23. The monoisotopic (exact) mass is 282 g/mol. The van der Waals surface area contributed by atoms with Gasteiger partial charge in [-0.2, -0.15) is 5.26 Å². The molecule has 0 aromatic heterocycles. The molecule has 0 aliphatic carbocycles. The van der Waals surface area contributed by atoms with Crippen LogP contribution < -0.4 is 21.1 Å². The van der Waals surface area contributed by atoms with E-state index in [0.717, 1.165) is 0 Å². The highest BCUT2D eigenvalue weighted by molar-refractivity contribution is 6.00. The van der Waals surface area contributed by atoms with Crippen molar-refractivity contribution < 1.29 is 9.53 Å². The van der Waals surface area contributed by atoms with Gasteiger partial charge in [-0.3, -0.25) is 0 Å². The van der Waals surface area contributed by atoms with Gasteiger partial charge in [-0.15, -0.1) is 0 Å². The molecule has 0 unspecified atom stereocenters. The normalized spacial score (nSPS) is 9.52. The number of nitrogens with two attached hydrogens (primary N) is 1. The maximum absolute atomic E-state index is 11.9. The molecule has 106 valence electrons. The lowest BCUT2D eigenvalue weighted by atomic mass is 10.2. The highest BCUT2D eigenvalue weighted by Crippen LogP contribution is 2.25. The second kappa shape index (κ2) is 6.30. The number of hydrogen-bond donors (Lipinski definition) is 3. The lowest BCUT2D eigenvalue weighted by molar-refractivity contribution is 0.262. The number of ether oxygens (including phenoxy) is 1. The van der Waals surface area contributed by atoms with E-state index in [2.05, 4.69) is 10.6 Å². The number of urea groups is 1. The Morgan fingerprint density at radius 2 is 2.05 bits per heavy atom. The molecular weight excluding hydrogens is 268 g/mol. The number of carbonyl (C=O) groups is 1. The molecule has 2 aromatic rings. The third-order valence-electron chi connectivity index (χ3n) is 2.72. The van der Waals surface area contributed by atoms with Crippen molar-refractivity contribution in [2.45, 2.75) is 0 Å². The summed E-state index contributed by atoms with van der Waals surface area (Å²) in [4.78, 5) is 11.9. The Bertz CT molecular complexity index is 707. The van der Waals surface area contributed by atoms with Crippen LogP contribution in [0.25, 0.3) is 0 Å². The zero-order valence-corrected chi connectivity index (χ0v) is 11.4. The van der Waals surface area contributed by atoms with E-state index >= 15 is 0 Å². The van der Waals surface area contributed by atoms with Crippen LogP contribution >= 0.6 is 0 Å². The number of amides is 2. The lowest BCUT2D eigenvalue weighted by Gasteiger charge is -2.11. The van der Waals surface area contributed by atoms with Crippen LogP contribution in [-0.2, 0) is 0 Å². The first-order valence-electron chi connectivity index (χ1n) is 6.14. The number of methoxy groups -OCH3 is 1. The first-order chi connectivity index (χ1) is 10.1. The smallest absolute Gasteiger partial charge is 0.323 e. The van der Waals surface area contributed by atoms with Gasteiger partial charge in [-0.1, -0.05) is 6.07 Å². The van der Waals surface area contributed by atoms with Crippen LogP contribution in [0.5, 0.6) is 5.75 Å². The second-order valence-corrected chi connectivity index (χ2v) is 4.23. The van der Waals surface area contributed by atoms with Crippen molar-refractivity contribution in [1.29, 1.82) is 5.26 Å². The number of hydrogen-bond acceptors (Lipinski definition) is 4. The van der Waals surface area contributed by atoms with E-state index in [1.165, 1.54) is 7.11 Å². The molecule has 6 nitrogen and oxygen atoms in total. The number of rotatable bonds is 3. The van der Waals surface area contributed by atoms with Crippen LogP contribution in [0.15, 0.2) is 42.5 Å². The molecule has 0 spiro atoms. The third-order valence-corrected chi connectivity index (χ3v) is 2.72. The van der Waals surface area contributed by atoms with E-state index in [9.17, 15) is 4.79 Å². The van der Waals surface area contributed by atoms with Crippen LogP contribution in [0.4, 0.5) is 21.9 Å². The molecule has 4 N–H and O–H groups in total. The summed E-state index contributed by atoms with van der Waals surface area (Å²) in [7, 11) is 1.47. The highest BCUT2D eigenvalue weighted by Gasteiger charge is 2.08. The molecule has 2 amide bonds. The molecule has 0 atom stereocenters. The molecule has 0 aliphatic heterocycles. The molecule has 0 radical (unpaired) electrons. The summed E-state index contributed by atoms with van der Waals surface area (Å²) in [5, 5.41) is 14.2. The van der Waals surface area contributed by atoms with Crippen molar-refractivity contribution in [1.82, 2.24) is 0 Å². The Balaban J connectivity index is 2.11. The van der Waals surface area contributed by atoms with Gasteiger partial charge in [0.1, 0.15) is 5.75 Å². The van der Waals surface area contributed by atoms with Gasteiger partial charge in [-0.25, -0.2) is 4.79 Å². The summed E-state index contributed by atoms with van der Waals surface area (Å²) >= 11 is 0. The summed E-state index contributed by atoms with van der Waals surface area (Å²) < 4.78 is 5.14. The van der Waals surface area contributed by atoms with Crippen molar-refractivity contribution in [3.05, 3.63) is 48.0 Å². The molecule has 0 fully saturated rings. The van der Waals surface area contributed by atoms with E-state index < -0.39 is 6.03 Å². The first kappa shape index (κ1) is 14.2. The van der Waals surface area contributed by atoms with E-state index in [0.29, 0.717) is 28.4 Å². The summed E-state index contributed by atoms with van der Waals surface area (Å²) in [6.07, 6.45) is 0. The molecule has 0 bridgehead atoms. The molecule has 0 aliphatic rings. The highest BCUT2D eigenvalue weighted by atomic mass is 16.5. The van der Waals surface area contributed by atoms with Crippen molar-refractivity contribution in [2.75, 3.05) is 23.5 Å². The minimum atomic E-state index is -0.427. The molecule has 6 heteroatoms. The van der Waals surface area contributed by atoms with Crippen LogP contribution in [0, 0.1) is 11.3 Å². The minimum absolute atomic E-state index is 0.414. The summed E-state index contributed by atoms with van der Waals surface area (Å²) in [6.45, 7) is 0. The van der Waals surface area contributed by atoms with Crippen molar-refractivity contribution in [2.24, 2.45) is 0 Å². The Morgan fingerprint density at radius 1 is 1.24 bits per heavy atom. The van der Waals surface area contributed by atoms with Crippen molar-refractivity contribution in [3.63, 3.8) is 0 Å². The van der Waals surface area contributed by atoms with Gasteiger partial charge < -0.3 is 21.1 Å². The Labute approximate surface area is 122 Å². The number of nitrogens with zero attached hydrogens (tertiary/aromatic N) is 1. The van der Waals surface area contributed by atoms with Gasteiger partial charge in [0.25, 0.3) is 0 Å². The fourth-order valence-electron chi connectivity index (χ4n) is 1.77. The van der Waals surface area contributed by atoms with Crippen molar-refractivity contribution >= 4 is 23.1 Å². The van der Waals surface area contributed by atoms with Crippen LogP contribution in [0.2, 0.25) is 0 Å². The first-order valence-corrected chi connectivity index (χ1v) is 6.14. The standard InChI is InChI=1S/C15H14N4O2/c1-21-14-7-10(9-16)5-6-13(14)19-15(20)18-12-4-2-3-11(17)8-12/h2-8H,17H2,1H3,(H2,18,19,20). The van der Waals surface area contributed by atoms with E-state index in [4.69, 9.17) is 15.7 Å². The van der Waals surface area contributed by atoms with Crippen LogP contribution in [-0.4, -0.2) is 13.1 Å². The van der Waals surface area contributed by atoms with Crippen LogP contribution in [0.3, 0.4) is 0 Å². The number of nitriles is 1. The number of carbonyl (C=O) groups excluding carboxylic acids is 1. The predicted molar refractivity (Wildman–Crippen MR) is 81.2 cm³/mol. The maximum atomic E-state index is 11.9. The Hall–Kier alpha value is -3.20. The Kier molecular flexibility index (Phi) is 4.26. The average molecular weight is 282 g/mol. The fraction of sp³-hybridized carbons (Fsp3) is 0.0667. The number of nitrogens with one attached hydrogen (secondary N) is 2. The van der Waals surface area contributed by atoms with E-state index in [1.807, 2.05) is 6.07 Å².